The molecular weight excluding hydrogens is 228 g/mol. The quantitative estimate of drug-likeness (QED) is 0.687. The van der Waals surface area contributed by atoms with Crippen molar-refractivity contribution >= 4 is 0 Å². The number of hydrogen-bond acceptors (Lipinski definition) is 4. The Morgan fingerprint density at radius 3 is 2.72 bits per heavy atom. The van der Waals surface area contributed by atoms with Crippen LogP contribution in [0.15, 0.2) is 0 Å². The molecule has 2 unspecified atom stereocenters. The number of hydrogen-bond donors (Lipinski definition) is 2. The molecule has 0 aliphatic carbocycles. The fourth-order valence-corrected chi connectivity index (χ4v) is 2.78. The van der Waals surface area contributed by atoms with Crippen molar-refractivity contribution in [3.63, 3.8) is 0 Å². The molecular formula is C14H30N2O2. The average molecular weight is 258 g/mol. The molecule has 1 heterocycles. The summed E-state index contributed by atoms with van der Waals surface area (Å²) in [5.41, 5.74) is -0.144. The Morgan fingerprint density at radius 1 is 1.50 bits per heavy atom. The number of nitrogens with zero attached hydrogens (tertiary/aromatic N) is 1. The number of aliphatic hydroxyl groups is 1. The van der Waals surface area contributed by atoms with E-state index in [1.807, 2.05) is 0 Å². The van der Waals surface area contributed by atoms with Crippen molar-refractivity contribution in [2.75, 3.05) is 33.4 Å². The number of ether oxygens (including phenoxy) is 1. The number of rotatable bonds is 8. The van der Waals surface area contributed by atoms with Crippen LogP contribution < -0.4 is 5.32 Å². The lowest BCUT2D eigenvalue weighted by Gasteiger charge is -2.31. The van der Waals surface area contributed by atoms with Gasteiger partial charge < -0.3 is 20.1 Å². The molecule has 0 aromatic heterocycles. The SMILES string of the molecule is COC1CCN(CCCC(C)(CO)NC(C)C)C1. The third kappa shape index (κ3) is 5.22. The Labute approximate surface area is 112 Å². The van der Waals surface area contributed by atoms with Gasteiger partial charge in [0, 0.05) is 31.8 Å². The largest absolute Gasteiger partial charge is 0.394 e. The van der Waals surface area contributed by atoms with E-state index in [1.54, 1.807) is 7.11 Å². The van der Waals surface area contributed by atoms with Crippen molar-refractivity contribution in [2.45, 2.75) is 57.7 Å². The first kappa shape index (κ1) is 15.9. The summed E-state index contributed by atoms with van der Waals surface area (Å²) in [7, 11) is 1.80. The number of aliphatic hydroxyl groups excluding tert-OH is 1. The highest BCUT2D eigenvalue weighted by molar-refractivity contribution is 4.85. The Morgan fingerprint density at radius 2 is 2.22 bits per heavy atom. The molecule has 0 radical (unpaired) electrons. The maximum atomic E-state index is 9.51. The minimum atomic E-state index is -0.144. The van der Waals surface area contributed by atoms with E-state index in [0.717, 1.165) is 38.9 Å². The van der Waals surface area contributed by atoms with Crippen LogP contribution in [-0.4, -0.2) is 61.0 Å². The fourth-order valence-electron chi connectivity index (χ4n) is 2.78. The first-order chi connectivity index (χ1) is 8.49. The van der Waals surface area contributed by atoms with Gasteiger partial charge in [-0.15, -0.1) is 0 Å². The zero-order valence-corrected chi connectivity index (χ0v) is 12.4. The van der Waals surface area contributed by atoms with E-state index in [-0.39, 0.29) is 12.1 Å². The van der Waals surface area contributed by atoms with Gasteiger partial charge in [0.05, 0.1) is 12.7 Å². The summed E-state index contributed by atoms with van der Waals surface area (Å²) in [6.07, 6.45) is 3.70. The van der Waals surface area contributed by atoms with Gasteiger partial charge in [-0.3, -0.25) is 0 Å². The topological polar surface area (TPSA) is 44.7 Å². The Kier molecular flexibility index (Phi) is 6.57. The highest BCUT2D eigenvalue weighted by Crippen LogP contribution is 2.16. The fraction of sp³-hybridized carbons (Fsp3) is 1.00. The molecule has 1 fully saturated rings. The summed E-state index contributed by atoms with van der Waals surface area (Å²) in [6, 6.07) is 0.409. The Hall–Kier alpha value is -0.160. The van der Waals surface area contributed by atoms with Gasteiger partial charge in [0.25, 0.3) is 0 Å². The number of likely N-dealkylation sites (tertiary alicyclic amines) is 1. The number of methoxy groups -OCH3 is 1. The third-order valence-electron chi connectivity index (χ3n) is 3.75. The second-order valence-electron chi connectivity index (χ2n) is 6.07. The van der Waals surface area contributed by atoms with E-state index < -0.39 is 0 Å². The molecule has 0 aromatic rings. The van der Waals surface area contributed by atoms with E-state index >= 15 is 0 Å². The first-order valence-electron chi connectivity index (χ1n) is 7.13. The summed E-state index contributed by atoms with van der Waals surface area (Å²) in [5.74, 6) is 0. The van der Waals surface area contributed by atoms with Gasteiger partial charge in [0.2, 0.25) is 0 Å². The molecule has 108 valence electrons. The standard InChI is InChI=1S/C14H30N2O2/c1-12(2)15-14(3,11-17)7-5-8-16-9-6-13(10-16)18-4/h12-13,15,17H,5-11H2,1-4H3. The molecule has 1 aliphatic rings. The van der Waals surface area contributed by atoms with Gasteiger partial charge in [-0.2, -0.15) is 0 Å². The summed E-state index contributed by atoms with van der Waals surface area (Å²) in [5, 5.41) is 13.0. The molecule has 2 atom stereocenters. The second-order valence-corrected chi connectivity index (χ2v) is 6.07. The maximum absolute atomic E-state index is 9.51. The van der Waals surface area contributed by atoms with E-state index in [1.165, 1.54) is 0 Å². The third-order valence-corrected chi connectivity index (χ3v) is 3.75. The molecule has 0 spiro atoms. The zero-order chi connectivity index (χ0) is 13.6. The smallest absolute Gasteiger partial charge is 0.0710 e. The van der Waals surface area contributed by atoms with Crippen LogP contribution in [0.1, 0.15) is 40.0 Å². The van der Waals surface area contributed by atoms with Gasteiger partial charge in [-0.05, 0) is 32.7 Å². The molecule has 0 amide bonds. The lowest BCUT2D eigenvalue weighted by Crippen LogP contribution is -2.49. The molecule has 2 N–H and O–H groups in total. The molecule has 0 saturated carbocycles. The lowest BCUT2D eigenvalue weighted by atomic mass is 9.95. The molecule has 0 bridgehead atoms. The van der Waals surface area contributed by atoms with E-state index in [0.29, 0.717) is 12.1 Å². The molecule has 4 nitrogen and oxygen atoms in total. The second kappa shape index (κ2) is 7.43. The predicted molar refractivity (Wildman–Crippen MR) is 74.9 cm³/mol. The lowest BCUT2D eigenvalue weighted by molar-refractivity contribution is 0.106. The Balaban J connectivity index is 2.23. The van der Waals surface area contributed by atoms with Gasteiger partial charge in [-0.1, -0.05) is 13.8 Å². The van der Waals surface area contributed by atoms with Crippen molar-refractivity contribution < 1.29 is 9.84 Å². The van der Waals surface area contributed by atoms with Crippen LogP contribution in [-0.2, 0) is 4.74 Å². The normalized spacial score (nSPS) is 24.7. The van der Waals surface area contributed by atoms with Crippen LogP contribution in [0.25, 0.3) is 0 Å². The van der Waals surface area contributed by atoms with E-state index in [2.05, 4.69) is 31.0 Å². The van der Waals surface area contributed by atoms with Gasteiger partial charge in [-0.25, -0.2) is 0 Å². The van der Waals surface area contributed by atoms with Gasteiger partial charge >= 0.3 is 0 Å². The van der Waals surface area contributed by atoms with Crippen molar-refractivity contribution in [2.24, 2.45) is 0 Å². The summed E-state index contributed by atoms with van der Waals surface area (Å²) < 4.78 is 5.37. The van der Waals surface area contributed by atoms with Crippen LogP contribution in [0.2, 0.25) is 0 Å². The summed E-state index contributed by atoms with van der Waals surface area (Å²) >= 11 is 0. The van der Waals surface area contributed by atoms with E-state index in [4.69, 9.17) is 4.74 Å². The molecule has 1 aliphatic heterocycles. The van der Waals surface area contributed by atoms with Crippen LogP contribution in [0.3, 0.4) is 0 Å². The van der Waals surface area contributed by atoms with Crippen LogP contribution in [0.5, 0.6) is 0 Å². The van der Waals surface area contributed by atoms with Gasteiger partial charge in [0.1, 0.15) is 0 Å². The van der Waals surface area contributed by atoms with Crippen molar-refractivity contribution in [1.29, 1.82) is 0 Å². The monoisotopic (exact) mass is 258 g/mol. The zero-order valence-electron chi connectivity index (χ0n) is 12.4. The van der Waals surface area contributed by atoms with Crippen molar-refractivity contribution in [3.8, 4) is 0 Å². The van der Waals surface area contributed by atoms with Crippen molar-refractivity contribution in [3.05, 3.63) is 0 Å². The minimum absolute atomic E-state index is 0.144. The van der Waals surface area contributed by atoms with Gasteiger partial charge in [0.15, 0.2) is 0 Å². The minimum Gasteiger partial charge on any atom is -0.394 e. The number of nitrogens with one attached hydrogen (secondary N) is 1. The summed E-state index contributed by atoms with van der Waals surface area (Å²) in [6.45, 7) is 9.86. The molecule has 0 aromatic carbocycles. The highest BCUT2D eigenvalue weighted by Gasteiger charge is 2.25. The first-order valence-corrected chi connectivity index (χ1v) is 7.13. The molecule has 18 heavy (non-hydrogen) atoms. The summed E-state index contributed by atoms with van der Waals surface area (Å²) in [4.78, 5) is 2.46. The molecule has 1 saturated heterocycles. The Bertz CT molecular complexity index is 236. The van der Waals surface area contributed by atoms with Crippen LogP contribution >= 0.6 is 0 Å². The highest BCUT2D eigenvalue weighted by atomic mass is 16.5. The average Bonchev–Trinajstić information content (AvgIpc) is 2.76. The van der Waals surface area contributed by atoms with Crippen LogP contribution in [0.4, 0.5) is 0 Å². The molecule has 1 rings (SSSR count). The van der Waals surface area contributed by atoms with Crippen molar-refractivity contribution in [1.82, 2.24) is 10.2 Å². The van der Waals surface area contributed by atoms with E-state index in [9.17, 15) is 5.11 Å². The van der Waals surface area contributed by atoms with Crippen LogP contribution in [0, 0.1) is 0 Å². The molecule has 4 heteroatoms. The maximum Gasteiger partial charge on any atom is 0.0710 e. The predicted octanol–water partition coefficient (Wildman–Crippen LogP) is 1.24.